The molecule has 5 rings (SSSR count). The molecule has 1 spiro atoms. The van der Waals surface area contributed by atoms with Crippen molar-refractivity contribution in [2.45, 2.75) is 47.8 Å². The van der Waals surface area contributed by atoms with Crippen molar-refractivity contribution in [1.29, 1.82) is 0 Å². The summed E-state index contributed by atoms with van der Waals surface area (Å²) >= 11 is 0. The normalized spacial score (nSPS) is 62.4. The largest absolute Gasteiger partial charge is 0.393 e. The maximum Gasteiger partial charge on any atom is 0.311 e. The van der Waals surface area contributed by atoms with Crippen molar-refractivity contribution in [3.8, 4) is 0 Å². The fourth-order valence-electron chi connectivity index (χ4n) is 4.24. The van der Waals surface area contributed by atoms with E-state index in [4.69, 9.17) is 15.2 Å². The molecule has 0 aromatic heterocycles. The third kappa shape index (κ3) is 1.28. The van der Waals surface area contributed by atoms with E-state index in [0.717, 1.165) is 0 Å². The molecule has 1 aliphatic carbocycles. The van der Waals surface area contributed by atoms with E-state index >= 15 is 0 Å². The second-order valence-corrected chi connectivity index (χ2v) is 6.22. The summed E-state index contributed by atoms with van der Waals surface area (Å²) in [6.07, 6.45) is -7.77. The maximum absolute atomic E-state index is 10.6. The van der Waals surface area contributed by atoms with Gasteiger partial charge in [0.1, 0.15) is 29.5 Å². The zero-order valence-electron chi connectivity index (χ0n) is 11.2. The number of guanidine groups is 1. The summed E-state index contributed by atoms with van der Waals surface area (Å²) in [5.41, 5.74) is 1.74. The first-order chi connectivity index (χ1) is 10.2. The highest BCUT2D eigenvalue weighted by molar-refractivity contribution is 5.80. The lowest BCUT2D eigenvalue weighted by molar-refractivity contribution is -0.548. The molecule has 5 aliphatic rings. The molecule has 0 aromatic rings. The number of nitrogens with zero attached hydrogens (tertiary/aromatic N) is 1. The van der Waals surface area contributed by atoms with Gasteiger partial charge in [0.2, 0.25) is 0 Å². The van der Waals surface area contributed by atoms with Gasteiger partial charge in [-0.25, -0.2) is 4.99 Å². The van der Waals surface area contributed by atoms with Gasteiger partial charge in [-0.2, -0.15) is 0 Å². The lowest BCUT2D eigenvalue weighted by atomic mass is 9.55. The monoisotopic (exact) mass is 319 g/mol. The van der Waals surface area contributed by atoms with Gasteiger partial charge < -0.3 is 51.2 Å². The topological polar surface area (TPSA) is 190 Å². The Balaban J connectivity index is 1.95. The Hall–Kier alpha value is -1.05. The smallest absolute Gasteiger partial charge is 0.311 e. The van der Waals surface area contributed by atoms with Crippen molar-refractivity contribution < 1.29 is 40.1 Å². The van der Waals surface area contributed by atoms with Crippen LogP contribution in [-0.4, -0.2) is 91.0 Å². The predicted molar refractivity (Wildman–Crippen MR) is 65.7 cm³/mol. The standard InChI is InChI=1S/C11H17N3O8/c12-8-13-6(17)2-4-9(19,1-15)5-3(16)10(2,14-8)7(18)11(20,21-4)22-5/h2-7,15-20H,1H2,(H3,12,13,14)/t2-,3-,4-,5+,6+,7+,9-,10-,11+/m1/s1. The molecule has 0 amide bonds. The average molecular weight is 319 g/mol. The van der Waals surface area contributed by atoms with E-state index in [9.17, 15) is 30.6 Å². The summed E-state index contributed by atoms with van der Waals surface area (Å²) in [6.45, 7) is -0.857. The molecule has 4 heterocycles. The van der Waals surface area contributed by atoms with Gasteiger partial charge in [0.25, 0.3) is 0 Å². The number of hydrogen-bond acceptors (Lipinski definition) is 11. The van der Waals surface area contributed by atoms with Gasteiger partial charge in [0, 0.05) is 0 Å². The van der Waals surface area contributed by atoms with Crippen LogP contribution >= 0.6 is 0 Å². The number of ether oxygens (including phenoxy) is 2. The van der Waals surface area contributed by atoms with E-state index in [1.165, 1.54) is 0 Å². The van der Waals surface area contributed by atoms with Crippen LogP contribution in [0.1, 0.15) is 0 Å². The van der Waals surface area contributed by atoms with Crippen molar-refractivity contribution >= 4 is 5.96 Å². The van der Waals surface area contributed by atoms with Crippen LogP contribution in [0.3, 0.4) is 0 Å². The van der Waals surface area contributed by atoms with Crippen molar-refractivity contribution in [2.24, 2.45) is 16.6 Å². The summed E-state index contributed by atoms with van der Waals surface area (Å²) in [4.78, 5) is 3.70. The Morgan fingerprint density at radius 1 is 1.18 bits per heavy atom. The highest BCUT2D eigenvalue weighted by Gasteiger charge is 2.82. The first kappa shape index (κ1) is 14.5. The molecule has 11 nitrogen and oxygen atoms in total. The first-order valence-electron chi connectivity index (χ1n) is 6.77. The Morgan fingerprint density at radius 3 is 2.45 bits per heavy atom. The fraction of sp³-hybridized carbons (Fsp3) is 0.909. The van der Waals surface area contributed by atoms with Gasteiger partial charge in [0.05, 0.1) is 12.5 Å². The second-order valence-electron chi connectivity index (χ2n) is 6.22. The van der Waals surface area contributed by atoms with E-state index in [1.54, 1.807) is 0 Å². The molecule has 0 aromatic carbocycles. The molecule has 124 valence electrons. The lowest BCUT2D eigenvalue weighted by Gasteiger charge is -2.71. The van der Waals surface area contributed by atoms with Crippen molar-refractivity contribution in [3.05, 3.63) is 0 Å². The molecule has 3 saturated heterocycles. The fourth-order valence-corrected chi connectivity index (χ4v) is 4.24. The van der Waals surface area contributed by atoms with Gasteiger partial charge in [-0.05, 0) is 0 Å². The van der Waals surface area contributed by atoms with E-state index in [2.05, 4.69) is 10.3 Å². The van der Waals surface area contributed by atoms with E-state index in [1.807, 2.05) is 0 Å². The molecule has 22 heavy (non-hydrogen) atoms. The van der Waals surface area contributed by atoms with Crippen LogP contribution in [0, 0.1) is 5.92 Å². The number of aliphatic hydroxyl groups is 6. The van der Waals surface area contributed by atoms with Gasteiger partial charge in [-0.3, -0.25) is 0 Å². The van der Waals surface area contributed by atoms with E-state index in [0.29, 0.717) is 0 Å². The van der Waals surface area contributed by atoms with Crippen LogP contribution in [0.25, 0.3) is 0 Å². The highest BCUT2D eigenvalue weighted by Crippen LogP contribution is 2.58. The number of aliphatic imine (C=N–C) groups is 1. The molecule has 0 radical (unpaired) electrons. The van der Waals surface area contributed by atoms with Gasteiger partial charge in [0.15, 0.2) is 18.3 Å². The third-order valence-corrected chi connectivity index (χ3v) is 5.22. The Kier molecular flexibility index (Phi) is 2.57. The van der Waals surface area contributed by atoms with E-state index in [-0.39, 0.29) is 5.96 Å². The van der Waals surface area contributed by atoms with Crippen LogP contribution < -0.4 is 11.1 Å². The zero-order valence-corrected chi connectivity index (χ0v) is 11.2. The zero-order chi connectivity index (χ0) is 16.1. The second kappa shape index (κ2) is 3.88. The SMILES string of the molecule is NC1=N[C@@H](O)[C@H]2[C@H]3O[C@]4(O)O[C@@H]([C@@H](O)[C@@]2(N1)[C@@H]4O)[C@@]3(O)CO. The molecule has 4 aliphatic heterocycles. The van der Waals surface area contributed by atoms with Gasteiger partial charge in [-0.1, -0.05) is 0 Å². The Labute approximate surface area is 123 Å². The quantitative estimate of drug-likeness (QED) is 0.231. The van der Waals surface area contributed by atoms with Crippen LogP contribution in [0.2, 0.25) is 0 Å². The van der Waals surface area contributed by atoms with Crippen molar-refractivity contribution in [3.63, 3.8) is 0 Å². The molecule has 4 fully saturated rings. The molecule has 9 N–H and O–H groups in total. The highest BCUT2D eigenvalue weighted by atomic mass is 16.9. The summed E-state index contributed by atoms with van der Waals surface area (Å²) in [6, 6.07) is 0. The van der Waals surface area contributed by atoms with Crippen molar-refractivity contribution in [1.82, 2.24) is 5.32 Å². The first-order valence-corrected chi connectivity index (χ1v) is 6.77. The van der Waals surface area contributed by atoms with Crippen LogP contribution in [0.4, 0.5) is 0 Å². The maximum atomic E-state index is 10.6. The average Bonchev–Trinajstić information content (AvgIpc) is 2.45. The number of rotatable bonds is 1. The molecule has 4 bridgehead atoms. The Morgan fingerprint density at radius 2 is 1.82 bits per heavy atom. The van der Waals surface area contributed by atoms with Gasteiger partial charge >= 0.3 is 5.97 Å². The molecule has 9 atom stereocenters. The lowest BCUT2D eigenvalue weighted by Crippen LogP contribution is -2.95. The number of nitrogens with two attached hydrogens (primary N) is 1. The summed E-state index contributed by atoms with van der Waals surface area (Å²) in [7, 11) is 0. The van der Waals surface area contributed by atoms with Crippen LogP contribution in [0.15, 0.2) is 4.99 Å². The third-order valence-electron chi connectivity index (χ3n) is 5.22. The van der Waals surface area contributed by atoms with Crippen molar-refractivity contribution in [2.75, 3.05) is 6.61 Å². The summed E-state index contributed by atoms with van der Waals surface area (Å²) in [5, 5.41) is 64.3. The minimum Gasteiger partial charge on any atom is -0.393 e. The molecule has 11 heteroatoms. The predicted octanol–water partition coefficient (Wildman–Crippen LogP) is -5.52. The minimum absolute atomic E-state index is 0.250. The molecular weight excluding hydrogens is 302 g/mol. The molecular formula is C11H17N3O8. The Bertz CT molecular complexity index is 561. The number of hydrogen-bond donors (Lipinski definition) is 8. The summed E-state index contributed by atoms with van der Waals surface area (Å²) < 4.78 is 10.3. The summed E-state index contributed by atoms with van der Waals surface area (Å²) in [5.74, 6) is -3.95. The number of nitrogens with one attached hydrogen (secondary N) is 1. The van der Waals surface area contributed by atoms with Crippen LogP contribution in [-0.2, 0) is 9.47 Å². The molecule has 1 saturated carbocycles. The van der Waals surface area contributed by atoms with E-state index < -0.39 is 60.3 Å². The molecule has 0 unspecified atom stereocenters. The minimum atomic E-state index is -2.52. The number of aliphatic hydroxyl groups excluding tert-OH is 4. The van der Waals surface area contributed by atoms with Gasteiger partial charge in [-0.15, -0.1) is 0 Å². The van der Waals surface area contributed by atoms with Crippen LogP contribution in [0.5, 0.6) is 0 Å².